The van der Waals surface area contributed by atoms with E-state index < -0.39 is 23.9 Å². The Bertz CT molecular complexity index is 1020. The van der Waals surface area contributed by atoms with E-state index in [-0.39, 0.29) is 24.8 Å². The first-order valence-corrected chi connectivity index (χ1v) is 10.7. The highest BCUT2D eigenvalue weighted by atomic mass is 19.4. The van der Waals surface area contributed by atoms with Crippen molar-refractivity contribution < 1.29 is 37.3 Å². The monoisotopic (exact) mass is 481 g/mol. The minimum absolute atomic E-state index is 0.0185. The van der Waals surface area contributed by atoms with E-state index in [4.69, 9.17) is 9.47 Å². The number of piperidine rings is 1. The molecule has 0 radical (unpaired) electrons. The summed E-state index contributed by atoms with van der Waals surface area (Å²) in [6.45, 7) is 0.0483. The average molecular weight is 481 g/mol. The summed E-state index contributed by atoms with van der Waals surface area (Å²) in [6.07, 6.45) is -3.51. The quantitative estimate of drug-likeness (QED) is 0.533. The van der Waals surface area contributed by atoms with E-state index in [2.05, 4.69) is 10.6 Å². The van der Waals surface area contributed by atoms with Crippen LogP contribution in [0.2, 0.25) is 0 Å². The number of benzene rings is 2. The number of amides is 3. The number of carbonyl (C=O) groups excluding carboxylic acids is 2. The predicted molar refractivity (Wildman–Crippen MR) is 119 cm³/mol. The van der Waals surface area contributed by atoms with Crippen molar-refractivity contribution in [3.63, 3.8) is 0 Å². The van der Waals surface area contributed by atoms with Crippen LogP contribution >= 0.6 is 0 Å². The number of anilines is 2. The molecule has 34 heavy (non-hydrogen) atoms. The lowest BCUT2D eigenvalue weighted by Crippen LogP contribution is -2.38. The summed E-state index contributed by atoms with van der Waals surface area (Å²) in [5.74, 6) is 0.440. The van der Waals surface area contributed by atoms with Crippen molar-refractivity contribution in [3.8, 4) is 11.5 Å². The first-order chi connectivity index (χ1) is 16.2. The number of alkyl halides is 3. The Morgan fingerprint density at radius 3 is 2.71 bits per heavy atom. The number of nitrogens with zero attached hydrogens (tertiary/aromatic N) is 1. The van der Waals surface area contributed by atoms with E-state index in [1.165, 1.54) is 19.2 Å². The third-order valence-corrected chi connectivity index (χ3v) is 5.15. The SMILES string of the molecule is COc1ccc(NC(=O)NCC(O)COc2cccc(C(F)(F)F)c2)cc1N1CCCCC1=O. The van der Waals surface area contributed by atoms with Crippen LogP contribution in [0, 0.1) is 0 Å². The maximum Gasteiger partial charge on any atom is 0.416 e. The molecule has 11 heteroatoms. The topological polar surface area (TPSA) is 100 Å². The lowest BCUT2D eigenvalue weighted by Gasteiger charge is -2.28. The standard InChI is InChI=1S/C23H26F3N3O5/c1-33-20-9-8-16(12-19(20)29-10-3-2-7-21(29)31)28-22(32)27-13-17(30)14-34-18-6-4-5-15(11-18)23(24,25)26/h4-6,8-9,11-12,17,30H,2-3,7,10,13-14H2,1H3,(H2,27,28,32). The molecular weight excluding hydrogens is 455 g/mol. The van der Waals surface area contributed by atoms with Crippen LogP contribution in [0.3, 0.4) is 0 Å². The number of rotatable bonds is 8. The zero-order valence-corrected chi connectivity index (χ0v) is 18.5. The number of aliphatic hydroxyl groups excluding tert-OH is 1. The van der Waals surface area contributed by atoms with Gasteiger partial charge in [0.15, 0.2) is 0 Å². The van der Waals surface area contributed by atoms with Crippen LogP contribution in [-0.4, -0.2) is 50.0 Å². The zero-order chi connectivity index (χ0) is 24.7. The molecule has 8 nitrogen and oxygen atoms in total. The molecule has 184 valence electrons. The number of aliphatic hydroxyl groups is 1. The number of ether oxygens (including phenoxy) is 2. The second kappa shape index (κ2) is 11.1. The Morgan fingerprint density at radius 2 is 2.00 bits per heavy atom. The molecule has 1 heterocycles. The first-order valence-electron chi connectivity index (χ1n) is 10.7. The summed E-state index contributed by atoms with van der Waals surface area (Å²) in [6, 6.07) is 8.58. The van der Waals surface area contributed by atoms with Gasteiger partial charge in [0.1, 0.15) is 24.2 Å². The molecule has 0 saturated carbocycles. The van der Waals surface area contributed by atoms with Gasteiger partial charge in [0, 0.05) is 25.2 Å². The van der Waals surface area contributed by atoms with E-state index in [0.29, 0.717) is 30.1 Å². The van der Waals surface area contributed by atoms with Crippen molar-refractivity contribution >= 4 is 23.3 Å². The Hall–Kier alpha value is -3.47. The van der Waals surface area contributed by atoms with Gasteiger partial charge in [0.05, 0.1) is 18.4 Å². The Labute approximate surface area is 194 Å². The Morgan fingerprint density at radius 1 is 1.21 bits per heavy atom. The molecule has 3 rings (SSSR count). The molecule has 1 unspecified atom stereocenters. The number of nitrogens with one attached hydrogen (secondary N) is 2. The average Bonchev–Trinajstić information content (AvgIpc) is 2.81. The van der Waals surface area contributed by atoms with Gasteiger partial charge in [-0.05, 0) is 49.2 Å². The fraction of sp³-hybridized carbons (Fsp3) is 0.391. The van der Waals surface area contributed by atoms with E-state index in [0.717, 1.165) is 25.0 Å². The highest BCUT2D eigenvalue weighted by Crippen LogP contribution is 2.34. The highest BCUT2D eigenvalue weighted by Gasteiger charge is 2.30. The van der Waals surface area contributed by atoms with Gasteiger partial charge in [-0.3, -0.25) is 4.79 Å². The van der Waals surface area contributed by atoms with Gasteiger partial charge >= 0.3 is 12.2 Å². The van der Waals surface area contributed by atoms with Gasteiger partial charge in [-0.15, -0.1) is 0 Å². The fourth-order valence-corrected chi connectivity index (χ4v) is 3.44. The summed E-state index contributed by atoms with van der Waals surface area (Å²) >= 11 is 0. The largest absolute Gasteiger partial charge is 0.495 e. The van der Waals surface area contributed by atoms with E-state index in [1.807, 2.05) is 0 Å². The number of urea groups is 1. The van der Waals surface area contributed by atoms with Crippen LogP contribution in [0.1, 0.15) is 24.8 Å². The van der Waals surface area contributed by atoms with Gasteiger partial charge in [-0.2, -0.15) is 13.2 Å². The first kappa shape index (κ1) is 25.2. The molecule has 0 aromatic heterocycles. The van der Waals surface area contributed by atoms with Crippen molar-refractivity contribution in [1.29, 1.82) is 0 Å². The molecule has 0 spiro atoms. The molecule has 0 aliphatic carbocycles. The summed E-state index contributed by atoms with van der Waals surface area (Å²) in [5, 5.41) is 15.1. The van der Waals surface area contributed by atoms with Crippen LogP contribution in [0.15, 0.2) is 42.5 Å². The van der Waals surface area contributed by atoms with Crippen LogP contribution in [0.5, 0.6) is 11.5 Å². The minimum Gasteiger partial charge on any atom is -0.495 e. The fourth-order valence-electron chi connectivity index (χ4n) is 3.44. The molecular formula is C23H26F3N3O5. The smallest absolute Gasteiger partial charge is 0.416 e. The third-order valence-electron chi connectivity index (χ3n) is 5.15. The second-order valence-electron chi connectivity index (χ2n) is 7.71. The highest BCUT2D eigenvalue weighted by molar-refractivity contribution is 5.97. The number of hydrogen-bond donors (Lipinski definition) is 3. The van der Waals surface area contributed by atoms with Gasteiger partial charge in [-0.25, -0.2) is 4.79 Å². The molecule has 0 bridgehead atoms. The summed E-state index contributed by atoms with van der Waals surface area (Å²) < 4.78 is 48.8. The molecule has 1 aliphatic heterocycles. The van der Waals surface area contributed by atoms with Gasteiger partial charge in [0.2, 0.25) is 5.91 Å². The number of halogens is 3. The van der Waals surface area contributed by atoms with E-state index in [1.54, 1.807) is 23.1 Å². The van der Waals surface area contributed by atoms with Crippen molar-refractivity contribution in [2.24, 2.45) is 0 Å². The molecule has 3 amide bonds. The van der Waals surface area contributed by atoms with Crippen LogP contribution in [0.4, 0.5) is 29.3 Å². The summed E-state index contributed by atoms with van der Waals surface area (Å²) in [5.41, 5.74) is 0.114. The van der Waals surface area contributed by atoms with Crippen molar-refractivity contribution in [2.75, 3.05) is 37.0 Å². The molecule has 1 atom stereocenters. The van der Waals surface area contributed by atoms with Crippen LogP contribution in [0.25, 0.3) is 0 Å². The molecule has 1 saturated heterocycles. The number of carbonyl (C=O) groups is 2. The maximum atomic E-state index is 12.8. The summed E-state index contributed by atoms with van der Waals surface area (Å²) in [7, 11) is 1.50. The third kappa shape index (κ3) is 6.77. The summed E-state index contributed by atoms with van der Waals surface area (Å²) in [4.78, 5) is 26.1. The Balaban J connectivity index is 1.52. The van der Waals surface area contributed by atoms with Crippen molar-refractivity contribution in [2.45, 2.75) is 31.5 Å². The Kier molecular flexibility index (Phi) is 8.21. The second-order valence-corrected chi connectivity index (χ2v) is 7.71. The molecule has 2 aromatic carbocycles. The van der Waals surface area contributed by atoms with Gasteiger partial charge in [0.25, 0.3) is 0 Å². The molecule has 1 fully saturated rings. The minimum atomic E-state index is -4.50. The van der Waals surface area contributed by atoms with E-state index in [9.17, 15) is 27.9 Å². The van der Waals surface area contributed by atoms with Gasteiger partial charge < -0.3 is 30.1 Å². The maximum absolute atomic E-state index is 12.8. The normalized spacial score (nSPS) is 15.0. The van der Waals surface area contributed by atoms with E-state index >= 15 is 0 Å². The zero-order valence-electron chi connectivity index (χ0n) is 18.5. The molecule has 3 N–H and O–H groups in total. The predicted octanol–water partition coefficient (Wildman–Crippen LogP) is 3.79. The lowest BCUT2D eigenvalue weighted by molar-refractivity contribution is -0.137. The van der Waals surface area contributed by atoms with Crippen molar-refractivity contribution in [3.05, 3.63) is 48.0 Å². The molecule has 1 aliphatic rings. The van der Waals surface area contributed by atoms with Crippen LogP contribution < -0.4 is 25.0 Å². The van der Waals surface area contributed by atoms with Crippen LogP contribution in [-0.2, 0) is 11.0 Å². The number of methoxy groups -OCH3 is 1. The van der Waals surface area contributed by atoms with Crippen molar-refractivity contribution in [1.82, 2.24) is 5.32 Å². The van der Waals surface area contributed by atoms with Gasteiger partial charge in [-0.1, -0.05) is 6.07 Å². The number of hydrogen-bond acceptors (Lipinski definition) is 5. The lowest BCUT2D eigenvalue weighted by atomic mass is 10.1. The molecule has 2 aromatic rings.